The molecule has 5 unspecified atom stereocenters. The van der Waals surface area contributed by atoms with E-state index in [2.05, 4.69) is 445 Å². The number of aryl methyl sites for hydroxylation is 2. The fourth-order valence-electron chi connectivity index (χ4n) is 24.0. The first-order chi connectivity index (χ1) is 60.9. The normalized spacial score (nSPS) is 20.2. The summed E-state index contributed by atoms with van der Waals surface area (Å²) in [5.41, 5.74) is 41.8. The number of rotatable bonds is 10. The summed E-state index contributed by atoms with van der Waals surface area (Å²) < 4.78 is 15.5. The van der Waals surface area contributed by atoms with Crippen molar-refractivity contribution in [3.63, 3.8) is 0 Å². The van der Waals surface area contributed by atoms with Crippen molar-refractivity contribution >= 4 is 92.2 Å². The lowest BCUT2D eigenvalue weighted by molar-refractivity contribution is 0.272. The van der Waals surface area contributed by atoms with Crippen molar-refractivity contribution in [2.45, 2.75) is 323 Å². The summed E-state index contributed by atoms with van der Waals surface area (Å²) >= 11 is 0. The maximum absolute atomic E-state index is 7.79. The van der Waals surface area contributed by atoms with Crippen molar-refractivity contribution in [2.24, 2.45) is 0 Å². The van der Waals surface area contributed by atoms with Crippen molar-refractivity contribution in [3.05, 3.63) is 308 Å². The molecule has 130 heavy (non-hydrogen) atoms. The van der Waals surface area contributed by atoms with Gasteiger partial charge in [0.2, 0.25) is 0 Å². The van der Waals surface area contributed by atoms with Gasteiger partial charge in [0, 0.05) is 67.8 Å². The number of ether oxygens (including phenoxy) is 2. The van der Waals surface area contributed by atoms with E-state index in [4.69, 9.17) is 9.47 Å². The molecule has 6 heterocycles. The molecule has 5 atom stereocenters. The van der Waals surface area contributed by atoms with Crippen molar-refractivity contribution in [1.82, 2.24) is 0 Å². The standard InChI is InChI=1S/C122H140B2N4O2/c1-73-61-100-106-103(64-73)128(97-53-45-81(115(12,13)14)66-94(97)123(106)110-108(86-51-43-83(117(18,19)20)68-105(86)130-110)125(100)84-47-39-77(40-48-84)112(3,4)5)99-72-93-91(70-87(99)75-33-31-30-32-34-75)121(27,28)58-60-122(93,29)59-57-118(21,22)79-37-35-76(36-38-79)88-69-90-92(120(25,26)56-55-119(90,23)24)71-98(88)127-96-52-44-82(116(15,16)17)67-95(96)124-107-101(62-74(2)63-102(107)127)126(85-49-41-78(42-50-85)113(6,7)8)109-89-65-80(114(9,10)11)46-54-104(89)129-111(109)124/h30-54,61-72,108-111H,55-60H2,1-29H3. The Morgan fingerprint density at radius 1 is 0.315 bits per heavy atom. The Bertz CT molecular complexity index is 6580. The topological polar surface area (TPSA) is 31.4 Å². The van der Waals surface area contributed by atoms with Crippen LogP contribution < -0.4 is 50.9 Å². The predicted molar refractivity (Wildman–Crippen MR) is 556 cm³/mol. The summed E-state index contributed by atoms with van der Waals surface area (Å²) in [7, 11) is 0. The number of hydrogen-bond donors (Lipinski definition) is 0. The summed E-state index contributed by atoms with van der Waals surface area (Å²) in [6.45, 7) is 69.5. The third-order valence-corrected chi connectivity index (χ3v) is 32.5. The predicted octanol–water partition coefficient (Wildman–Crippen LogP) is 30.0. The highest BCUT2D eigenvalue weighted by atomic mass is 16.5. The fraction of sp³-hybridized carbons (Fsp3) is 0.410. The van der Waals surface area contributed by atoms with Crippen LogP contribution in [0.15, 0.2) is 224 Å². The van der Waals surface area contributed by atoms with E-state index in [1.165, 1.54) is 184 Å². The third kappa shape index (κ3) is 14.3. The van der Waals surface area contributed by atoms with Crippen LogP contribution in [0.1, 0.15) is 321 Å². The van der Waals surface area contributed by atoms with E-state index in [0.29, 0.717) is 0 Å². The Labute approximate surface area is 780 Å². The molecule has 12 aromatic rings. The van der Waals surface area contributed by atoms with Crippen LogP contribution in [0.4, 0.5) is 56.9 Å². The molecule has 12 aromatic carbocycles. The lowest BCUT2D eigenvalue weighted by atomic mass is 9.32. The van der Waals surface area contributed by atoms with E-state index in [1.807, 2.05) is 0 Å². The van der Waals surface area contributed by atoms with Crippen LogP contribution in [0.3, 0.4) is 0 Å². The van der Waals surface area contributed by atoms with Gasteiger partial charge < -0.3 is 29.1 Å². The quantitative estimate of drug-likeness (QED) is 0.127. The second-order valence-electron chi connectivity index (χ2n) is 49.9. The van der Waals surface area contributed by atoms with Gasteiger partial charge in [0.15, 0.2) is 0 Å². The minimum absolute atomic E-state index is 0.00524. The van der Waals surface area contributed by atoms with Crippen LogP contribution in [0, 0.1) is 13.8 Å². The molecule has 8 heteroatoms. The lowest BCUT2D eigenvalue weighted by Crippen LogP contribution is -2.65. The Balaban J connectivity index is 0.717. The minimum Gasteiger partial charge on any atom is -0.495 e. The molecular weight excluding hydrogens is 1570 g/mol. The van der Waals surface area contributed by atoms with Crippen molar-refractivity contribution < 1.29 is 9.47 Å². The molecule has 6 aliphatic heterocycles. The number of hydrogen-bond acceptors (Lipinski definition) is 6. The first kappa shape index (κ1) is 87.5. The molecular formula is C122H140B2N4O2. The highest BCUT2D eigenvalue weighted by molar-refractivity contribution is 6.92. The van der Waals surface area contributed by atoms with E-state index in [9.17, 15) is 0 Å². The van der Waals surface area contributed by atoms with Crippen molar-refractivity contribution in [1.29, 1.82) is 0 Å². The third-order valence-electron chi connectivity index (χ3n) is 32.5. The average Bonchev–Trinajstić information content (AvgIpc) is 1.32. The van der Waals surface area contributed by atoms with Gasteiger partial charge in [-0.05, 0) is 320 Å². The molecule has 0 amide bonds. The molecule has 0 saturated carbocycles. The van der Waals surface area contributed by atoms with Crippen molar-refractivity contribution in [2.75, 3.05) is 19.6 Å². The molecule has 0 radical (unpaired) electrons. The van der Waals surface area contributed by atoms with Gasteiger partial charge in [0.1, 0.15) is 23.5 Å². The lowest BCUT2D eigenvalue weighted by Gasteiger charge is -2.49. The molecule has 20 rings (SSSR count). The van der Waals surface area contributed by atoms with Crippen LogP contribution in [0.5, 0.6) is 11.5 Å². The van der Waals surface area contributed by atoms with E-state index in [0.717, 1.165) is 50.0 Å². The van der Waals surface area contributed by atoms with Gasteiger partial charge in [-0.25, -0.2) is 0 Å². The zero-order chi connectivity index (χ0) is 92.3. The van der Waals surface area contributed by atoms with Gasteiger partial charge in [-0.15, -0.1) is 0 Å². The Hall–Kier alpha value is -10.4. The smallest absolute Gasteiger partial charge is 0.267 e. The number of anilines is 10. The second kappa shape index (κ2) is 29.5. The highest BCUT2D eigenvalue weighted by Gasteiger charge is 2.59. The maximum Gasteiger partial charge on any atom is 0.267 e. The molecule has 0 fully saturated rings. The zero-order valence-corrected chi connectivity index (χ0v) is 83.7. The van der Waals surface area contributed by atoms with Gasteiger partial charge in [-0.3, -0.25) is 0 Å². The molecule has 0 bridgehead atoms. The summed E-state index contributed by atoms with van der Waals surface area (Å²) in [6, 6.07) is 89.9. The van der Waals surface area contributed by atoms with Crippen LogP contribution in [-0.2, 0) is 59.6 Å². The zero-order valence-electron chi connectivity index (χ0n) is 83.7. The van der Waals surface area contributed by atoms with E-state index >= 15 is 0 Å². The van der Waals surface area contributed by atoms with E-state index in [-0.39, 0.29) is 97.1 Å². The molecule has 0 saturated heterocycles. The largest absolute Gasteiger partial charge is 0.495 e. The number of fused-ring (bicyclic) bond motifs is 14. The highest BCUT2D eigenvalue weighted by Crippen LogP contribution is 2.61. The maximum atomic E-state index is 7.79. The molecule has 2 aliphatic carbocycles. The SMILES string of the molecule is Cc1cc2c3c(c1)N(c1ccc(C(C)(C)C)cc1)C1c4cc(C(C)(C)C)ccc4OC1B3c1cc(C(C)(C)C)ccc1N2c1cc2c(cc1-c1ccc(C(C)(C)CCC3(C)CCC(C)(C)c4cc(-c5ccccc5)c(N5c6ccc(C(C)(C)C)cc6B6c7c5cc(C)cc7N(c5ccc(C(C)(C)C)cc5)C5c7ccc(C(C)(C)C)cc7OC65)cc43)cc1)C(C)(C)CCC2(C)C. The number of benzene rings is 12. The number of nitrogens with zero attached hydrogens (tertiary/aromatic N) is 4. The van der Waals surface area contributed by atoms with E-state index in [1.54, 1.807) is 0 Å². The molecule has 666 valence electrons. The second-order valence-corrected chi connectivity index (χ2v) is 49.9. The molecule has 8 aliphatic rings. The van der Waals surface area contributed by atoms with Gasteiger partial charge in [-0.2, -0.15) is 0 Å². The summed E-state index contributed by atoms with van der Waals surface area (Å²) in [4.78, 5) is 10.9. The summed E-state index contributed by atoms with van der Waals surface area (Å²) in [5.74, 6) is 1.99. The van der Waals surface area contributed by atoms with Gasteiger partial charge >= 0.3 is 0 Å². The molecule has 6 nitrogen and oxygen atoms in total. The minimum atomic E-state index is -0.224. The Morgan fingerprint density at radius 2 is 0.685 bits per heavy atom. The van der Waals surface area contributed by atoms with Crippen LogP contribution in [-0.4, -0.2) is 25.4 Å². The monoisotopic (exact) mass is 1720 g/mol. The molecule has 0 aromatic heterocycles. The van der Waals surface area contributed by atoms with Gasteiger partial charge in [-0.1, -0.05) is 308 Å². The molecule has 0 N–H and O–H groups in total. The first-order valence-corrected chi connectivity index (χ1v) is 49.0. The first-order valence-electron chi connectivity index (χ1n) is 49.0. The van der Waals surface area contributed by atoms with Gasteiger partial charge in [0.05, 0.1) is 23.5 Å². The Morgan fingerprint density at radius 3 is 1.15 bits per heavy atom. The summed E-state index contributed by atoms with van der Waals surface area (Å²) in [5, 5.41) is 0. The van der Waals surface area contributed by atoms with Crippen molar-refractivity contribution in [3.8, 4) is 33.8 Å². The van der Waals surface area contributed by atoms with Gasteiger partial charge in [0.25, 0.3) is 13.4 Å². The van der Waals surface area contributed by atoms with Crippen LogP contribution >= 0.6 is 0 Å². The molecule has 0 spiro atoms. The van der Waals surface area contributed by atoms with E-state index < -0.39 is 0 Å². The van der Waals surface area contributed by atoms with Crippen LogP contribution in [0.25, 0.3) is 22.3 Å². The van der Waals surface area contributed by atoms with Crippen LogP contribution in [0.2, 0.25) is 0 Å². The average molecular weight is 1720 g/mol. The summed E-state index contributed by atoms with van der Waals surface area (Å²) in [6.07, 6.45) is 6.44. The Kier molecular flexibility index (Phi) is 19.9. The fourth-order valence-corrected chi connectivity index (χ4v) is 24.0.